The number of nitrogens with zero attached hydrogens (tertiary/aromatic N) is 2. The van der Waals surface area contributed by atoms with E-state index >= 15 is 0 Å². The zero-order valence-corrected chi connectivity index (χ0v) is 11.8. The van der Waals surface area contributed by atoms with Crippen LogP contribution in [0.25, 0.3) is 0 Å². The third-order valence-corrected chi connectivity index (χ3v) is 4.16. The normalized spacial score (nSPS) is 19.6. The first-order chi connectivity index (χ1) is 9.79. The highest BCUT2D eigenvalue weighted by Gasteiger charge is 2.25. The molecule has 0 bridgehead atoms. The Kier molecular flexibility index (Phi) is 3.85. The van der Waals surface area contributed by atoms with E-state index in [0.29, 0.717) is 0 Å². The first-order valence-electron chi connectivity index (χ1n) is 7.22. The van der Waals surface area contributed by atoms with Crippen LogP contribution in [0.5, 0.6) is 0 Å². The molecule has 0 spiro atoms. The maximum Gasteiger partial charge on any atom is 0.0626 e. The van der Waals surface area contributed by atoms with Crippen molar-refractivity contribution >= 4 is 0 Å². The summed E-state index contributed by atoms with van der Waals surface area (Å²) in [5, 5.41) is 17.6. The van der Waals surface area contributed by atoms with Crippen LogP contribution in [0.4, 0.5) is 0 Å². The number of fused-ring (bicyclic) bond motifs is 1. The largest absolute Gasteiger partial charge is 0.394 e. The topological polar surface area (TPSA) is 50.1 Å². The Morgan fingerprint density at radius 1 is 1.40 bits per heavy atom. The van der Waals surface area contributed by atoms with Crippen molar-refractivity contribution in [1.29, 1.82) is 0 Å². The van der Waals surface area contributed by atoms with E-state index in [-0.39, 0.29) is 18.7 Å². The number of aromatic nitrogens is 2. The van der Waals surface area contributed by atoms with Crippen molar-refractivity contribution in [3.8, 4) is 0 Å². The van der Waals surface area contributed by atoms with E-state index in [1.165, 1.54) is 11.3 Å². The SMILES string of the molecule is Cn1ncc2c1CCCC2N[C@@H](CO)c1ccccc1. The summed E-state index contributed by atoms with van der Waals surface area (Å²) in [7, 11) is 2.00. The van der Waals surface area contributed by atoms with Gasteiger partial charge in [0.1, 0.15) is 0 Å². The zero-order valence-electron chi connectivity index (χ0n) is 11.8. The van der Waals surface area contributed by atoms with Crippen molar-refractivity contribution in [2.75, 3.05) is 6.61 Å². The molecule has 0 amide bonds. The number of aliphatic hydroxyl groups excluding tert-OH is 1. The lowest BCUT2D eigenvalue weighted by Crippen LogP contribution is -2.31. The second-order valence-electron chi connectivity index (χ2n) is 5.43. The molecular formula is C16H21N3O. The lowest BCUT2D eigenvalue weighted by molar-refractivity contribution is 0.228. The lowest BCUT2D eigenvalue weighted by atomic mass is 9.92. The molecule has 2 N–H and O–H groups in total. The Hall–Kier alpha value is -1.65. The maximum absolute atomic E-state index is 9.68. The predicted molar refractivity (Wildman–Crippen MR) is 78.3 cm³/mol. The third kappa shape index (κ3) is 2.49. The molecule has 4 nitrogen and oxygen atoms in total. The summed E-state index contributed by atoms with van der Waals surface area (Å²) in [4.78, 5) is 0. The number of benzene rings is 1. The van der Waals surface area contributed by atoms with Crippen LogP contribution in [0.2, 0.25) is 0 Å². The van der Waals surface area contributed by atoms with E-state index < -0.39 is 0 Å². The Labute approximate surface area is 119 Å². The molecule has 1 heterocycles. The average Bonchev–Trinajstić information content (AvgIpc) is 2.88. The number of hydrogen-bond acceptors (Lipinski definition) is 3. The quantitative estimate of drug-likeness (QED) is 0.895. The molecule has 1 aliphatic carbocycles. The van der Waals surface area contributed by atoms with Crippen molar-refractivity contribution in [2.45, 2.75) is 31.3 Å². The molecule has 1 aliphatic rings. The molecule has 0 radical (unpaired) electrons. The molecule has 0 aliphatic heterocycles. The minimum Gasteiger partial charge on any atom is -0.394 e. The molecule has 1 unspecified atom stereocenters. The highest BCUT2D eigenvalue weighted by Crippen LogP contribution is 2.31. The van der Waals surface area contributed by atoms with E-state index in [0.717, 1.165) is 24.8 Å². The summed E-state index contributed by atoms with van der Waals surface area (Å²) >= 11 is 0. The Balaban J connectivity index is 1.81. The van der Waals surface area contributed by atoms with Gasteiger partial charge < -0.3 is 10.4 Å². The van der Waals surface area contributed by atoms with Crippen LogP contribution >= 0.6 is 0 Å². The van der Waals surface area contributed by atoms with Gasteiger partial charge in [0.05, 0.1) is 18.8 Å². The van der Waals surface area contributed by atoms with Crippen molar-refractivity contribution in [3.05, 3.63) is 53.3 Å². The number of aliphatic hydroxyl groups is 1. The van der Waals surface area contributed by atoms with Gasteiger partial charge in [0.15, 0.2) is 0 Å². The van der Waals surface area contributed by atoms with Crippen molar-refractivity contribution in [1.82, 2.24) is 15.1 Å². The summed E-state index contributed by atoms with van der Waals surface area (Å²) in [6, 6.07) is 10.4. The first-order valence-corrected chi connectivity index (χ1v) is 7.22. The summed E-state index contributed by atoms with van der Waals surface area (Å²) in [6.07, 6.45) is 5.32. The average molecular weight is 271 g/mol. The van der Waals surface area contributed by atoms with Gasteiger partial charge in [-0.05, 0) is 24.8 Å². The molecule has 1 aromatic carbocycles. The number of aryl methyl sites for hydroxylation is 1. The molecule has 2 aromatic rings. The van der Waals surface area contributed by atoms with Crippen LogP contribution in [0.15, 0.2) is 36.5 Å². The molecule has 0 saturated carbocycles. The Bertz CT molecular complexity index is 564. The van der Waals surface area contributed by atoms with E-state index in [4.69, 9.17) is 0 Å². The van der Waals surface area contributed by atoms with Crippen LogP contribution in [0.3, 0.4) is 0 Å². The van der Waals surface area contributed by atoms with E-state index in [9.17, 15) is 5.11 Å². The number of nitrogens with one attached hydrogen (secondary N) is 1. The molecule has 20 heavy (non-hydrogen) atoms. The fourth-order valence-corrected chi connectivity index (χ4v) is 3.06. The lowest BCUT2D eigenvalue weighted by Gasteiger charge is -2.28. The molecule has 2 atom stereocenters. The first kappa shape index (κ1) is 13.3. The molecule has 4 heteroatoms. The number of rotatable bonds is 4. The van der Waals surface area contributed by atoms with Crippen LogP contribution in [0, 0.1) is 0 Å². The standard InChI is InChI=1S/C16H21N3O/c1-19-16-9-5-8-14(13(16)10-17-19)18-15(11-20)12-6-3-2-4-7-12/h2-4,6-7,10,14-15,18,20H,5,8-9,11H2,1H3/t14?,15-/m0/s1. The van der Waals surface area contributed by atoms with Crippen LogP contribution in [0.1, 0.15) is 41.7 Å². The summed E-state index contributed by atoms with van der Waals surface area (Å²) < 4.78 is 1.97. The van der Waals surface area contributed by atoms with E-state index in [2.05, 4.69) is 22.5 Å². The summed E-state index contributed by atoms with van der Waals surface area (Å²) in [6.45, 7) is 0.107. The highest BCUT2D eigenvalue weighted by atomic mass is 16.3. The second kappa shape index (κ2) is 5.77. The van der Waals surface area contributed by atoms with Gasteiger partial charge in [-0.15, -0.1) is 0 Å². The van der Waals surface area contributed by atoms with Gasteiger partial charge in [0, 0.05) is 24.3 Å². The van der Waals surface area contributed by atoms with Crippen LogP contribution in [-0.2, 0) is 13.5 Å². The molecule has 3 rings (SSSR count). The van der Waals surface area contributed by atoms with Crippen LogP contribution in [-0.4, -0.2) is 21.5 Å². The molecule has 0 saturated heterocycles. The van der Waals surface area contributed by atoms with Gasteiger partial charge in [0.25, 0.3) is 0 Å². The smallest absolute Gasteiger partial charge is 0.0626 e. The summed E-state index contributed by atoms with van der Waals surface area (Å²) in [5.41, 5.74) is 3.73. The third-order valence-electron chi connectivity index (χ3n) is 4.16. The zero-order chi connectivity index (χ0) is 13.9. The van der Waals surface area contributed by atoms with Crippen molar-refractivity contribution in [2.24, 2.45) is 7.05 Å². The van der Waals surface area contributed by atoms with Crippen LogP contribution < -0.4 is 5.32 Å². The number of hydrogen-bond donors (Lipinski definition) is 2. The van der Waals surface area contributed by atoms with Gasteiger partial charge in [0.2, 0.25) is 0 Å². The molecule has 1 aromatic heterocycles. The minimum absolute atomic E-state index is 0.0210. The molecule has 106 valence electrons. The van der Waals surface area contributed by atoms with Crippen molar-refractivity contribution < 1.29 is 5.11 Å². The Morgan fingerprint density at radius 3 is 2.95 bits per heavy atom. The fraction of sp³-hybridized carbons (Fsp3) is 0.438. The molecular weight excluding hydrogens is 250 g/mol. The Morgan fingerprint density at radius 2 is 2.20 bits per heavy atom. The monoisotopic (exact) mass is 271 g/mol. The van der Waals surface area contributed by atoms with E-state index in [1.807, 2.05) is 36.1 Å². The van der Waals surface area contributed by atoms with Gasteiger partial charge in [-0.1, -0.05) is 30.3 Å². The van der Waals surface area contributed by atoms with Gasteiger partial charge in [-0.2, -0.15) is 5.10 Å². The minimum atomic E-state index is -0.0210. The predicted octanol–water partition coefficient (Wildman–Crippen LogP) is 2.12. The second-order valence-corrected chi connectivity index (χ2v) is 5.43. The van der Waals surface area contributed by atoms with Gasteiger partial charge in [-0.3, -0.25) is 4.68 Å². The highest BCUT2D eigenvalue weighted by molar-refractivity contribution is 5.26. The summed E-state index contributed by atoms with van der Waals surface area (Å²) in [5.74, 6) is 0. The fourth-order valence-electron chi connectivity index (χ4n) is 3.06. The van der Waals surface area contributed by atoms with Gasteiger partial charge >= 0.3 is 0 Å². The van der Waals surface area contributed by atoms with E-state index in [1.54, 1.807) is 0 Å². The van der Waals surface area contributed by atoms with Crippen molar-refractivity contribution in [3.63, 3.8) is 0 Å². The van der Waals surface area contributed by atoms with Gasteiger partial charge in [-0.25, -0.2) is 0 Å². The molecule has 0 fully saturated rings. The maximum atomic E-state index is 9.68.